The van der Waals surface area contributed by atoms with Crippen LogP contribution in [0.4, 0.5) is 0 Å². The number of carbonyl (C=O) groups excluding carboxylic acids is 1. The van der Waals surface area contributed by atoms with Crippen molar-refractivity contribution < 1.29 is 14.4 Å². The zero-order valence-electron chi connectivity index (χ0n) is 11.6. The molecule has 1 heterocycles. The van der Waals surface area contributed by atoms with Gasteiger partial charge >= 0.3 is 0 Å². The third kappa shape index (κ3) is 3.15. The molecule has 1 atom stereocenters. The fraction of sp³-hybridized carbons (Fsp3) is 0.714. The highest BCUT2D eigenvalue weighted by Crippen LogP contribution is 2.32. The van der Waals surface area contributed by atoms with Crippen LogP contribution in [0.25, 0.3) is 0 Å². The van der Waals surface area contributed by atoms with E-state index in [0.717, 1.165) is 25.7 Å². The van der Waals surface area contributed by atoms with Crippen LogP contribution in [0, 0.1) is 12.8 Å². The molecule has 1 amide bonds. The largest absolute Gasteiger partial charge is 0.394 e. The van der Waals surface area contributed by atoms with Crippen molar-refractivity contribution in [3.05, 3.63) is 17.5 Å². The Morgan fingerprint density at radius 1 is 1.53 bits per heavy atom. The smallest absolute Gasteiger partial charge is 0.290 e. The Labute approximate surface area is 113 Å². The van der Waals surface area contributed by atoms with E-state index in [0.29, 0.717) is 11.6 Å². The Bertz CT molecular complexity index is 438. The van der Waals surface area contributed by atoms with E-state index in [-0.39, 0.29) is 18.3 Å². The van der Waals surface area contributed by atoms with Crippen molar-refractivity contribution in [3.8, 4) is 0 Å². The zero-order chi connectivity index (χ0) is 13.9. The Morgan fingerprint density at radius 3 is 2.74 bits per heavy atom. The highest BCUT2D eigenvalue weighted by atomic mass is 16.5. The van der Waals surface area contributed by atoms with Crippen LogP contribution >= 0.6 is 0 Å². The van der Waals surface area contributed by atoms with Gasteiger partial charge in [0.05, 0.1) is 17.8 Å². The molecule has 2 rings (SSSR count). The van der Waals surface area contributed by atoms with E-state index in [1.807, 2.05) is 6.92 Å². The van der Waals surface area contributed by atoms with Crippen molar-refractivity contribution in [3.63, 3.8) is 0 Å². The molecule has 2 N–H and O–H groups in total. The first kappa shape index (κ1) is 14.1. The van der Waals surface area contributed by atoms with Gasteiger partial charge in [-0.2, -0.15) is 0 Å². The SMILES string of the molecule is Cc1cc(C(=O)N[C@@](C)(CO)C2CCCCC2)on1. The van der Waals surface area contributed by atoms with Crippen molar-refractivity contribution in [2.45, 2.75) is 51.5 Å². The van der Waals surface area contributed by atoms with Crippen molar-refractivity contribution >= 4 is 5.91 Å². The lowest BCUT2D eigenvalue weighted by molar-refractivity contribution is 0.0650. The molecule has 0 spiro atoms. The molecule has 1 aromatic rings. The van der Waals surface area contributed by atoms with E-state index in [9.17, 15) is 9.90 Å². The summed E-state index contributed by atoms with van der Waals surface area (Å²) in [5, 5.41) is 16.3. The number of nitrogens with one attached hydrogen (secondary N) is 1. The highest BCUT2D eigenvalue weighted by molar-refractivity contribution is 5.91. The zero-order valence-corrected chi connectivity index (χ0v) is 11.6. The lowest BCUT2D eigenvalue weighted by Crippen LogP contribution is -2.54. The summed E-state index contributed by atoms with van der Waals surface area (Å²) in [5.41, 5.74) is 0.0894. The van der Waals surface area contributed by atoms with Gasteiger partial charge in [0.25, 0.3) is 5.91 Å². The number of amides is 1. The van der Waals surface area contributed by atoms with Gasteiger partial charge in [0.15, 0.2) is 0 Å². The first-order valence-electron chi connectivity index (χ1n) is 6.92. The molecule has 0 bridgehead atoms. The summed E-state index contributed by atoms with van der Waals surface area (Å²) in [6, 6.07) is 1.61. The third-order valence-corrected chi connectivity index (χ3v) is 4.09. The second kappa shape index (κ2) is 5.74. The lowest BCUT2D eigenvalue weighted by Gasteiger charge is -2.39. The third-order valence-electron chi connectivity index (χ3n) is 4.09. The van der Waals surface area contributed by atoms with Gasteiger partial charge in [-0.05, 0) is 32.6 Å². The highest BCUT2D eigenvalue weighted by Gasteiger charge is 2.36. The number of nitrogens with zero attached hydrogens (tertiary/aromatic N) is 1. The minimum absolute atomic E-state index is 0.0590. The molecule has 5 nitrogen and oxygen atoms in total. The molecule has 5 heteroatoms. The second-order valence-corrected chi connectivity index (χ2v) is 5.70. The number of aromatic nitrogens is 1. The first-order valence-corrected chi connectivity index (χ1v) is 6.92. The van der Waals surface area contributed by atoms with E-state index in [1.165, 1.54) is 6.42 Å². The monoisotopic (exact) mass is 266 g/mol. The molecule has 0 aromatic carbocycles. The van der Waals surface area contributed by atoms with Gasteiger partial charge in [-0.1, -0.05) is 24.4 Å². The van der Waals surface area contributed by atoms with Crippen LogP contribution in [0.5, 0.6) is 0 Å². The first-order chi connectivity index (χ1) is 9.05. The molecule has 1 saturated carbocycles. The molecule has 0 unspecified atom stereocenters. The molecule has 1 aliphatic carbocycles. The molecular weight excluding hydrogens is 244 g/mol. The Hall–Kier alpha value is -1.36. The van der Waals surface area contributed by atoms with Crippen molar-refractivity contribution in [1.82, 2.24) is 10.5 Å². The molecular formula is C14H22N2O3. The van der Waals surface area contributed by atoms with Gasteiger partial charge in [0.1, 0.15) is 0 Å². The number of carbonyl (C=O) groups is 1. The van der Waals surface area contributed by atoms with Gasteiger partial charge in [0.2, 0.25) is 5.76 Å². The molecule has 0 aliphatic heterocycles. The summed E-state index contributed by atoms with van der Waals surface area (Å²) < 4.78 is 4.96. The van der Waals surface area contributed by atoms with E-state index in [4.69, 9.17) is 4.52 Å². The van der Waals surface area contributed by atoms with E-state index >= 15 is 0 Å². The van der Waals surface area contributed by atoms with Gasteiger partial charge in [-0.15, -0.1) is 0 Å². The fourth-order valence-corrected chi connectivity index (χ4v) is 2.80. The minimum Gasteiger partial charge on any atom is -0.394 e. The van der Waals surface area contributed by atoms with Crippen LogP contribution in [0.15, 0.2) is 10.6 Å². The molecule has 1 aliphatic rings. The average Bonchev–Trinajstić information content (AvgIpc) is 2.86. The van der Waals surface area contributed by atoms with Crippen molar-refractivity contribution in [2.24, 2.45) is 5.92 Å². The maximum absolute atomic E-state index is 12.1. The summed E-state index contributed by atoms with van der Waals surface area (Å²) in [6.07, 6.45) is 5.67. The molecule has 0 radical (unpaired) electrons. The van der Waals surface area contributed by atoms with Crippen LogP contribution in [0.2, 0.25) is 0 Å². The van der Waals surface area contributed by atoms with E-state index in [2.05, 4.69) is 10.5 Å². The Morgan fingerprint density at radius 2 is 2.21 bits per heavy atom. The quantitative estimate of drug-likeness (QED) is 0.874. The normalized spacial score (nSPS) is 19.9. The number of aryl methyl sites for hydroxylation is 1. The van der Waals surface area contributed by atoms with Gasteiger partial charge < -0.3 is 14.9 Å². The molecule has 0 saturated heterocycles. The number of aliphatic hydroxyl groups excluding tert-OH is 1. The van der Waals surface area contributed by atoms with Crippen LogP contribution in [0.1, 0.15) is 55.3 Å². The minimum atomic E-state index is -0.585. The molecule has 1 aromatic heterocycles. The lowest BCUT2D eigenvalue weighted by atomic mass is 9.76. The fourth-order valence-electron chi connectivity index (χ4n) is 2.80. The maximum atomic E-state index is 12.1. The van der Waals surface area contributed by atoms with Crippen LogP contribution in [0.3, 0.4) is 0 Å². The second-order valence-electron chi connectivity index (χ2n) is 5.70. The summed E-state index contributed by atoms with van der Waals surface area (Å²) in [5.74, 6) is 0.218. The molecule has 106 valence electrons. The Kier molecular flexibility index (Phi) is 4.24. The van der Waals surface area contributed by atoms with Gasteiger partial charge in [0, 0.05) is 6.07 Å². The summed E-state index contributed by atoms with van der Waals surface area (Å²) >= 11 is 0. The maximum Gasteiger partial charge on any atom is 0.290 e. The standard InChI is InChI=1S/C14H22N2O3/c1-10-8-12(19-16-10)13(18)15-14(2,9-17)11-6-4-3-5-7-11/h8,11,17H,3-7,9H2,1-2H3,(H,15,18)/t14-/m0/s1. The van der Waals surface area contributed by atoms with E-state index in [1.54, 1.807) is 13.0 Å². The van der Waals surface area contributed by atoms with Crippen LogP contribution in [-0.2, 0) is 0 Å². The van der Waals surface area contributed by atoms with Crippen LogP contribution < -0.4 is 5.32 Å². The van der Waals surface area contributed by atoms with E-state index < -0.39 is 5.54 Å². The number of aliphatic hydroxyl groups is 1. The topological polar surface area (TPSA) is 75.4 Å². The summed E-state index contributed by atoms with van der Waals surface area (Å²) in [7, 11) is 0. The average molecular weight is 266 g/mol. The summed E-state index contributed by atoms with van der Waals surface area (Å²) in [4.78, 5) is 12.1. The molecule has 19 heavy (non-hydrogen) atoms. The Balaban J connectivity index is 2.06. The molecule has 1 fully saturated rings. The van der Waals surface area contributed by atoms with Crippen LogP contribution in [-0.4, -0.2) is 28.3 Å². The number of hydrogen-bond donors (Lipinski definition) is 2. The predicted octanol–water partition coefficient (Wildman–Crippen LogP) is 2.04. The van der Waals surface area contributed by atoms with Gasteiger partial charge in [-0.3, -0.25) is 4.79 Å². The predicted molar refractivity (Wildman–Crippen MR) is 70.8 cm³/mol. The van der Waals surface area contributed by atoms with Crippen molar-refractivity contribution in [2.75, 3.05) is 6.61 Å². The van der Waals surface area contributed by atoms with Crippen molar-refractivity contribution in [1.29, 1.82) is 0 Å². The number of rotatable bonds is 4. The summed E-state index contributed by atoms with van der Waals surface area (Å²) in [6.45, 7) is 3.62. The van der Waals surface area contributed by atoms with Gasteiger partial charge in [-0.25, -0.2) is 0 Å². The number of hydrogen-bond acceptors (Lipinski definition) is 4.